The largest absolute Gasteiger partial charge is 0.456 e. The molecule has 0 aliphatic carbocycles. The van der Waals surface area contributed by atoms with Crippen molar-refractivity contribution >= 4 is 192 Å². The number of nitrogens with zero attached hydrogens (tertiary/aromatic N) is 7. The lowest BCUT2D eigenvalue weighted by atomic mass is 10.0. The molecule has 0 atom stereocenters. The number of hydrogen-bond acceptors (Lipinski definition) is 9. The second kappa shape index (κ2) is 22.9. The molecular weight excluding hydrogens is 1320 g/mol. The fourth-order valence-corrected chi connectivity index (χ4v) is 16.9. The number of rotatable bonds is 7. The van der Waals surface area contributed by atoms with Crippen LogP contribution in [-0.2, 0) is 0 Å². The highest BCUT2D eigenvalue weighted by molar-refractivity contribution is 6.25. The van der Waals surface area contributed by atoms with Crippen molar-refractivity contribution in [3.63, 3.8) is 0 Å². The molecule has 24 aromatic rings. The van der Waals surface area contributed by atoms with Gasteiger partial charge in [0.2, 0.25) is 11.9 Å². The lowest BCUT2D eigenvalue weighted by Gasteiger charge is -2.25. The summed E-state index contributed by atoms with van der Waals surface area (Å²) in [5.41, 5.74) is 18.1. The summed E-state index contributed by atoms with van der Waals surface area (Å²) in [5, 5.41) is 20.2. The molecule has 8 heterocycles. The number of furan rings is 4. The van der Waals surface area contributed by atoms with Gasteiger partial charge in [-0.05, 0) is 158 Å². The maximum atomic E-state index is 6.68. The highest BCUT2D eigenvalue weighted by atomic mass is 16.3. The standard InChI is InChI=1S/C54H32N4O2.C42H23N3O2/c1-3-15-36(16-4-1)57(37-17-5-2-6-18-37)38-26-29-44-43(32-38)49-39-19-9-7-13-33(39)24-28-45(49)58(44)54-55-51(53-52(56-54)42-21-11-12-22-46(42)60-53)35-23-27-41-48(31-35)59-47-30-25-34-14-8-10-20-40(34)50(41)47;1-3-12-26-24(10-1)20-22-33-36(26)28-14-5-7-18-32(28)45(33)42-43-38-29-15-6-8-19-34(29)46-41(38)39(44-42)31-17-9-16-30-37-27-13-4-2-11-25(27)21-23-35(37)47-40(30)31/h1-32H;1-23H. The van der Waals surface area contributed by atoms with Crippen molar-refractivity contribution in [1.29, 1.82) is 0 Å². The third kappa shape index (κ3) is 8.89. The molecule has 0 aliphatic heterocycles. The molecular formula is C96H55N7O4. The molecule has 0 N–H and O–H groups in total. The maximum Gasteiger partial charge on any atom is 0.236 e. The Hall–Kier alpha value is -14.7. The van der Waals surface area contributed by atoms with E-state index in [1.165, 1.54) is 43.1 Å². The third-order valence-electron chi connectivity index (χ3n) is 21.6. The molecule has 0 aliphatic rings. The average molecular weight is 1370 g/mol. The molecule has 0 amide bonds. The van der Waals surface area contributed by atoms with Gasteiger partial charge in [0.25, 0.3) is 0 Å². The first-order valence-electron chi connectivity index (χ1n) is 35.9. The highest BCUT2D eigenvalue weighted by Crippen LogP contribution is 2.47. The molecule has 498 valence electrons. The Morgan fingerprint density at radius 1 is 0.234 bits per heavy atom. The molecule has 0 unspecified atom stereocenters. The van der Waals surface area contributed by atoms with Crippen molar-refractivity contribution < 1.29 is 17.7 Å². The number of aromatic nitrogens is 6. The second-order valence-electron chi connectivity index (χ2n) is 27.5. The Labute approximate surface area is 607 Å². The SMILES string of the molecule is c1ccc(N(c2ccccc2)c2ccc3c(c2)c2c4ccccc4ccc2n3-c2nc(-c3ccc4c(c3)oc3ccc5ccccc5c34)c3oc4ccccc4c3n2)cc1.c1ccc2c(c1)ccc1oc3c(-c4nc(-n5c6ccccc6c6c7ccccc7ccc65)nc5c4oc4ccccc45)cccc3c12. The summed E-state index contributed by atoms with van der Waals surface area (Å²) in [6.45, 7) is 0. The van der Waals surface area contributed by atoms with Crippen LogP contribution in [0.15, 0.2) is 351 Å². The van der Waals surface area contributed by atoms with Crippen LogP contribution in [0, 0.1) is 0 Å². The van der Waals surface area contributed by atoms with Crippen LogP contribution in [0.1, 0.15) is 0 Å². The van der Waals surface area contributed by atoms with Gasteiger partial charge in [-0.25, -0.2) is 19.9 Å². The number of para-hydroxylation sites is 6. The Kier molecular flexibility index (Phi) is 12.6. The quantitative estimate of drug-likeness (QED) is 0.154. The van der Waals surface area contributed by atoms with Crippen LogP contribution in [0.2, 0.25) is 0 Å². The van der Waals surface area contributed by atoms with Gasteiger partial charge in [0.15, 0.2) is 11.2 Å². The molecule has 16 aromatic carbocycles. The van der Waals surface area contributed by atoms with Crippen molar-refractivity contribution in [2.45, 2.75) is 0 Å². The molecule has 0 spiro atoms. The molecule has 24 rings (SSSR count). The molecule has 11 heteroatoms. The molecule has 107 heavy (non-hydrogen) atoms. The zero-order valence-corrected chi connectivity index (χ0v) is 57.0. The minimum absolute atomic E-state index is 0.561. The van der Waals surface area contributed by atoms with Crippen LogP contribution < -0.4 is 4.90 Å². The van der Waals surface area contributed by atoms with Crippen LogP contribution in [0.3, 0.4) is 0 Å². The van der Waals surface area contributed by atoms with Crippen molar-refractivity contribution in [2.75, 3.05) is 4.90 Å². The van der Waals surface area contributed by atoms with Crippen LogP contribution in [0.5, 0.6) is 0 Å². The summed E-state index contributed by atoms with van der Waals surface area (Å²) in [7, 11) is 0. The van der Waals surface area contributed by atoms with Gasteiger partial charge in [-0.2, -0.15) is 0 Å². The summed E-state index contributed by atoms with van der Waals surface area (Å²) >= 11 is 0. The average Bonchev–Trinajstić information content (AvgIpc) is 1.57. The van der Waals surface area contributed by atoms with E-state index in [1.807, 2.05) is 36.4 Å². The Morgan fingerprint density at radius 2 is 0.673 bits per heavy atom. The molecule has 0 saturated heterocycles. The van der Waals surface area contributed by atoms with E-state index in [0.717, 1.165) is 149 Å². The predicted molar refractivity (Wildman–Crippen MR) is 437 cm³/mol. The van der Waals surface area contributed by atoms with Crippen LogP contribution in [0.25, 0.3) is 209 Å². The van der Waals surface area contributed by atoms with Gasteiger partial charge in [0, 0.05) is 82.1 Å². The molecule has 0 saturated carbocycles. The van der Waals surface area contributed by atoms with Crippen molar-refractivity contribution in [3.8, 4) is 34.4 Å². The summed E-state index contributed by atoms with van der Waals surface area (Å²) in [6.07, 6.45) is 0. The number of anilines is 3. The summed E-state index contributed by atoms with van der Waals surface area (Å²) in [5.74, 6) is 1.14. The summed E-state index contributed by atoms with van der Waals surface area (Å²) in [4.78, 5) is 23.8. The zero-order chi connectivity index (χ0) is 70.0. The van der Waals surface area contributed by atoms with Gasteiger partial charge in [-0.15, -0.1) is 0 Å². The van der Waals surface area contributed by atoms with E-state index in [2.05, 4.69) is 311 Å². The zero-order valence-electron chi connectivity index (χ0n) is 57.0. The van der Waals surface area contributed by atoms with E-state index in [1.54, 1.807) is 0 Å². The van der Waals surface area contributed by atoms with Gasteiger partial charge in [0.05, 0.1) is 22.1 Å². The van der Waals surface area contributed by atoms with Crippen molar-refractivity contribution in [1.82, 2.24) is 29.1 Å². The first-order chi connectivity index (χ1) is 53.1. The Bertz CT molecular complexity index is 7820. The number of hydrogen-bond donors (Lipinski definition) is 0. The number of fused-ring (bicyclic) bond motifs is 26. The summed E-state index contributed by atoms with van der Waals surface area (Å²) < 4.78 is 30.8. The van der Waals surface area contributed by atoms with E-state index >= 15 is 0 Å². The van der Waals surface area contributed by atoms with E-state index < -0.39 is 0 Å². The topological polar surface area (TPSA) is 117 Å². The lowest BCUT2D eigenvalue weighted by molar-refractivity contribution is 0.662. The van der Waals surface area contributed by atoms with Crippen molar-refractivity contribution in [2.24, 2.45) is 0 Å². The van der Waals surface area contributed by atoms with Gasteiger partial charge < -0.3 is 22.6 Å². The molecule has 8 aromatic heterocycles. The molecule has 0 fully saturated rings. The van der Waals surface area contributed by atoms with Crippen LogP contribution >= 0.6 is 0 Å². The van der Waals surface area contributed by atoms with Crippen LogP contribution in [0.4, 0.5) is 17.1 Å². The van der Waals surface area contributed by atoms with Gasteiger partial charge in [-0.1, -0.05) is 218 Å². The number of benzene rings is 16. The Morgan fingerprint density at radius 3 is 1.27 bits per heavy atom. The predicted octanol–water partition coefficient (Wildman–Crippen LogP) is 26.2. The van der Waals surface area contributed by atoms with E-state index in [4.69, 9.17) is 37.6 Å². The molecule has 0 bridgehead atoms. The summed E-state index contributed by atoms with van der Waals surface area (Å²) in [6, 6.07) is 116. The first-order valence-corrected chi connectivity index (χ1v) is 35.9. The second-order valence-corrected chi connectivity index (χ2v) is 27.5. The lowest BCUT2D eigenvalue weighted by Crippen LogP contribution is -2.09. The monoisotopic (exact) mass is 1370 g/mol. The first kappa shape index (κ1) is 58.9. The van der Waals surface area contributed by atoms with Crippen LogP contribution in [-0.4, -0.2) is 29.1 Å². The van der Waals surface area contributed by atoms with E-state index in [9.17, 15) is 0 Å². The minimum Gasteiger partial charge on any atom is -0.456 e. The minimum atomic E-state index is 0.561. The van der Waals surface area contributed by atoms with Gasteiger partial charge in [-0.3, -0.25) is 9.13 Å². The fraction of sp³-hybridized carbons (Fsp3) is 0. The third-order valence-corrected chi connectivity index (χ3v) is 21.6. The van der Waals surface area contributed by atoms with Gasteiger partial charge >= 0.3 is 0 Å². The molecule has 11 nitrogen and oxygen atoms in total. The van der Waals surface area contributed by atoms with Crippen molar-refractivity contribution in [3.05, 3.63) is 334 Å². The van der Waals surface area contributed by atoms with Gasteiger partial charge in [0.1, 0.15) is 55.9 Å². The fourth-order valence-electron chi connectivity index (χ4n) is 16.9. The van der Waals surface area contributed by atoms with E-state index in [-0.39, 0.29) is 0 Å². The smallest absolute Gasteiger partial charge is 0.236 e. The Balaban J connectivity index is 0.000000133. The molecule has 0 radical (unpaired) electrons. The van der Waals surface area contributed by atoms with E-state index in [0.29, 0.717) is 34.5 Å². The maximum absolute atomic E-state index is 6.68. The normalized spacial score (nSPS) is 12.1. The highest BCUT2D eigenvalue weighted by Gasteiger charge is 2.28.